The third-order valence-electron chi connectivity index (χ3n) is 3.60. The fourth-order valence-corrected chi connectivity index (χ4v) is 1.77. The van der Waals surface area contributed by atoms with E-state index in [9.17, 15) is 83.6 Å². The summed E-state index contributed by atoms with van der Waals surface area (Å²) in [5.41, 5.74) is 0. The van der Waals surface area contributed by atoms with Crippen LogP contribution in [-0.2, 0) is 0 Å². The predicted molar refractivity (Wildman–Crippen MR) is 58.8 cm³/mol. The second kappa shape index (κ2) is 7.89. The zero-order valence-electron chi connectivity index (χ0n) is 13.7. The average molecular weight is 513 g/mol. The van der Waals surface area contributed by atoms with Gasteiger partial charge in [-0.3, -0.25) is 0 Å². The van der Waals surface area contributed by atoms with Gasteiger partial charge in [-0.1, -0.05) is 0 Å². The first-order valence-electron chi connectivity index (χ1n) is 6.97. The molecule has 0 aromatic heterocycles. The molecule has 0 aliphatic rings. The minimum atomic E-state index is -8.70. The summed E-state index contributed by atoms with van der Waals surface area (Å²) in [5, 5.41) is -2.01. The molecule has 0 aromatic rings. The minimum absolute atomic E-state index is 1.90. The van der Waals surface area contributed by atoms with E-state index in [4.69, 9.17) is 0 Å². The van der Waals surface area contributed by atoms with Gasteiger partial charge in [-0.2, -0.15) is 74.6 Å². The van der Waals surface area contributed by atoms with E-state index >= 15 is 0 Å². The molecule has 0 bridgehead atoms. The van der Waals surface area contributed by atoms with Crippen molar-refractivity contribution >= 4 is 0 Å². The van der Waals surface area contributed by atoms with Gasteiger partial charge in [-0.15, -0.1) is 8.96 Å². The van der Waals surface area contributed by atoms with E-state index in [1.54, 1.807) is 0 Å². The smallest absolute Gasteiger partial charge is 0.200 e. The molecule has 188 valence electrons. The lowest BCUT2D eigenvalue weighted by atomic mass is 9.88. The Hall–Kier alpha value is -1.37. The zero-order chi connectivity index (χ0) is 25.7. The quantitative estimate of drug-likeness (QED) is 0.228. The van der Waals surface area contributed by atoms with Crippen LogP contribution in [0.15, 0.2) is 0 Å². The maximum Gasteiger partial charge on any atom is 0.460 e. The largest absolute Gasteiger partial charge is 0.460 e. The van der Waals surface area contributed by atoms with Crippen LogP contribution < -0.4 is 0 Å². The molecule has 0 atom stereocenters. The molecule has 0 heterocycles. The predicted octanol–water partition coefficient (Wildman–Crippen LogP) is 6.85. The van der Waals surface area contributed by atoms with Crippen molar-refractivity contribution in [3.05, 3.63) is 0 Å². The minimum Gasteiger partial charge on any atom is -0.200 e. The van der Waals surface area contributed by atoms with Gasteiger partial charge >= 0.3 is 47.6 Å². The van der Waals surface area contributed by atoms with E-state index in [2.05, 4.69) is 0 Å². The van der Waals surface area contributed by atoms with Crippen molar-refractivity contribution in [1.82, 2.24) is 5.34 Å². The molecule has 20 heteroatoms. The number of halogens is 19. The molecule has 0 spiro atoms. The van der Waals surface area contributed by atoms with Gasteiger partial charge in [-0.25, -0.2) is 0 Å². The summed E-state index contributed by atoms with van der Waals surface area (Å²) in [5.74, 6) is -57.0. The summed E-state index contributed by atoms with van der Waals surface area (Å²) >= 11 is 0. The molecule has 0 rings (SSSR count). The summed E-state index contributed by atoms with van der Waals surface area (Å²) in [7, 11) is 0. The van der Waals surface area contributed by atoms with Crippen molar-refractivity contribution in [1.29, 1.82) is 0 Å². The van der Waals surface area contributed by atoms with Crippen molar-refractivity contribution in [2.24, 2.45) is 0 Å². The molecule has 1 nitrogen and oxygen atoms in total. The second-order valence-electron chi connectivity index (χ2n) is 5.78. The Morgan fingerprint density at radius 3 is 1.00 bits per heavy atom. The van der Waals surface area contributed by atoms with Crippen LogP contribution in [0.4, 0.5) is 83.6 Å². The van der Waals surface area contributed by atoms with Crippen LogP contribution in [0.25, 0.3) is 0 Å². The zero-order valence-corrected chi connectivity index (χ0v) is 13.7. The maximum atomic E-state index is 13.3. The molecule has 0 saturated carbocycles. The van der Waals surface area contributed by atoms with Crippen LogP contribution in [-0.4, -0.2) is 59.5 Å². The average Bonchev–Trinajstić information content (AvgIpc) is 2.51. The summed E-state index contributed by atoms with van der Waals surface area (Å²) in [6.45, 7) is -1.90. The Labute approximate surface area is 157 Å². The van der Waals surface area contributed by atoms with Crippen molar-refractivity contribution in [2.45, 2.75) is 60.5 Å². The molecule has 0 fully saturated rings. The fourth-order valence-electron chi connectivity index (χ4n) is 1.77. The summed E-state index contributed by atoms with van der Waals surface area (Å²) in [4.78, 5) is 0. The summed E-state index contributed by atoms with van der Waals surface area (Å²) in [6.07, 6.45) is -12.6. The summed E-state index contributed by atoms with van der Waals surface area (Å²) < 4.78 is 242. The molecular formula is C11H6F19N. The van der Waals surface area contributed by atoms with E-state index in [1.165, 1.54) is 0 Å². The van der Waals surface area contributed by atoms with E-state index in [1.807, 2.05) is 0 Å². The van der Waals surface area contributed by atoms with Gasteiger partial charge in [0.05, 0.1) is 6.54 Å². The van der Waals surface area contributed by atoms with Crippen molar-refractivity contribution in [3.63, 3.8) is 0 Å². The topological polar surface area (TPSA) is 3.24 Å². The first-order valence-corrected chi connectivity index (χ1v) is 6.97. The number of nitrogens with zero attached hydrogens (tertiary/aromatic N) is 1. The third-order valence-corrected chi connectivity index (χ3v) is 3.60. The lowest BCUT2D eigenvalue weighted by Crippen LogP contribution is -2.74. The Morgan fingerprint density at radius 1 is 0.419 bits per heavy atom. The second-order valence-corrected chi connectivity index (χ2v) is 5.78. The molecule has 0 amide bonds. The fraction of sp³-hybridized carbons (Fsp3) is 1.00. The van der Waals surface area contributed by atoms with Gasteiger partial charge in [0.15, 0.2) is 0 Å². The molecule has 0 N–H and O–H groups in total. The highest BCUT2D eigenvalue weighted by Crippen LogP contribution is 2.64. The van der Waals surface area contributed by atoms with Crippen LogP contribution in [0.1, 0.15) is 12.8 Å². The highest BCUT2D eigenvalue weighted by Gasteiger charge is 2.95. The van der Waals surface area contributed by atoms with Crippen LogP contribution in [0.2, 0.25) is 0 Å². The molecule has 0 aliphatic carbocycles. The highest BCUT2D eigenvalue weighted by atomic mass is 19.4. The Morgan fingerprint density at radius 2 is 0.710 bits per heavy atom. The Bertz CT molecular complexity index is 617. The first kappa shape index (κ1) is 29.6. The van der Waals surface area contributed by atoms with Crippen molar-refractivity contribution in [2.75, 3.05) is 6.54 Å². The third kappa shape index (κ3) is 4.31. The molecule has 0 aliphatic heterocycles. The van der Waals surface area contributed by atoms with Gasteiger partial charge in [-0.05, 0) is 6.42 Å². The van der Waals surface area contributed by atoms with E-state index in [-0.39, 0.29) is 0 Å². The van der Waals surface area contributed by atoms with Crippen LogP contribution in [0.3, 0.4) is 0 Å². The summed E-state index contributed by atoms with van der Waals surface area (Å²) in [6, 6.07) is 0. The number of alkyl halides is 17. The van der Waals surface area contributed by atoms with Gasteiger partial charge < -0.3 is 0 Å². The molecule has 0 saturated heterocycles. The lowest BCUT2D eigenvalue weighted by molar-refractivity contribution is -0.461. The number of hydrogen-bond donors (Lipinski definition) is 0. The standard InChI is InChI=1S/C11H6F19N/c12-4(13,2-1-3-31(29)30)5(14,15)6(16,17)7(18,19)8(20,21)9(22,23)10(24,25)11(26,27)28/h1-3H2. The van der Waals surface area contributed by atoms with Crippen molar-refractivity contribution in [3.8, 4) is 0 Å². The van der Waals surface area contributed by atoms with E-state index in [0.29, 0.717) is 0 Å². The van der Waals surface area contributed by atoms with Gasteiger partial charge in [0.25, 0.3) is 0 Å². The molecule has 0 radical (unpaired) electrons. The van der Waals surface area contributed by atoms with Gasteiger partial charge in [0.2, 0.25) is 0 Å². The normalized spacial score (nSPS) is 16.3. The van der Waals surface area contributed by atoms with Crippen LogP contribution >= 0.6 is 0 Å². The monoisotopic (exact) mass is 513 g/mol. The maximum absolute atomic E-state index is 13.3. The van der Waals surface area contributed by atoms with Crippen LogP contribution in [0.5, 0.6) is 0 Å². The molecular weight excluding hydrogens is 507 g/mol. The number of hydrogen-bond acceptors (Lipinski definition) is 1. The Kier molecular flexibility index (Phi) is 7.54. The number of rotatable bonds is 10. The van der Waals surface area contributed by atoms with Crippen molar-refractivity contribution < 1.29 is 83.6 Å². The highest BCUT2D eigenvalue weighted by molar-refractivity contribution is 5.15. The molecule has 0 aromatic carbocycles. The van der Waals surface area contributed by atoms with E-state index in [0.717, 1.165) is 0 Å². The Balaban J connectivity index is 6.43. The molecule has 0 unspecified atom stereocenters. The van der Waals surface area contributed by atoms with Crippen LogP contribution in [0, 0.1) is 0 Å². The van der Waals surface area contributed by atoms with E-state index < -0.39 is 72.4 Å². The van der Waals surface area contributed by atoms with Gasteiger partial charge in [0, 0.05) is 11.8 Å². The first-order chi connectivity index (χ1) is 13.2. The van der Waals surface area contributed by atoms with Gasteiger partial charge in [0.1, 0.15) is 0 Å². The molecule has 31 heavy (non-hydrogen) atoms. The lowest BCUT2D eigenvalue weighted by Gasteiger charge is -2.42. The SMILES string of the molecule is FN(F)CCCC(F)(F)C(F)(F)C(F)(F)C(F)(F)C(F)(F)C(F)(F)C(F)(F)C(F)(F)F.